The highest BCUT2D eigenvalue weighted by atomic mass is 16.5. The average molecular weight is 406 g/mol. The Morgan fingerprint density at radius 2 is 1.67 bits per heavy atom. The van der Waals surface area contributed by atoms with Crippen LogP contribution in [0.25, 0.3) is 0 Å². The zero-order valence-corrected chi connectivity index (χ0v) is 16.8. The zero-order valence-electron chi connectivity index (χ0n) is 16.8. The molecule has 0 aliphatic rings. The lowest BCUT2D eigenvalue weighted by Crippen LogP contribution is -2.30. The van der Waals surface area contributed by atoms with Crippen LogP contribution in [0.2, 0.25) is 0 Å². The number of hydrogen-bond donors (Lipinski definition) is 1. The van der Waals surface area contributed by atoms with Crippen LogP contribution in [-0.4, -0.2) is 36.3 Å². The van der Waals surface area contributed by atoms with Gasteiger partial charge in [0.2, 0.25) is 0 Å². The molecule has 3 rings (SSSR count). The van der Waals surface area contributed by atoms with Gasteiger partial charge in [0, 0.05) is 12.6 Å². The summed E-state index contributed by atoms with van der Waals surface area (Å²) in [6, 6.07) is 18.7. The number of hydrogen-bond acceptors (Lipinski definition) is 5. The van der Waals surface area contributed by atoms with E-state index in [2.05, 4.69) is 5.32 Å². The molecule has 0 radical (unpaired) electrons. The van der Waals surface area contributed by atoms with E-state index in [-0.39, 0.29) is 23.9 Å². The van der Waals surface area contributed by atoms with Gasteiger partial charge >= 0.3 is 5.97 Å². The van der Waals surface area contributed by atoms with E-state index in [0.29, 0.717) is 17.0 Å². The number of anilines is 1. The number of furan rings is 1. The number of aryl methyl sites for hydroxylation is 1. The number of esters is 1. The molecule has 0 unspecified atom stereocenters. The summed E-state index contributed by atoms with van der Waals surface area (Å²) in [6.07, 6.45) is 0. The fourth-order valence-corrected chi connectivity index (χ4v) is 2.76. The predicted molar refractivity (Wildman–Crippen MR) is 111 cm³/mol. The van der Waals surface area contributed by atoms with Crippen molar-refractivity contribution >= 4 is 23.5 Å². The van der Waals surface area contributed by atoms with Gasteiger partial charge in [-0.1, -0.05) is 30.3 Å². The molecule has 0 saturated heterocycles. The van der Waals surface area contributed by atoms with Gasteiger partial charge in [0.1, 0.15) is 11.5 Å². The molecule has 0 saturated carbocycles. The van der Waals surface area contributed by atoms with Crippen LogP contribution in [0.3, 0.4) is 0 Å². The van der Waals surface area contributed by atoms with Crippen LogP contribution < -0.4 is 5.32 Å². The first-order valence-electron chi connectivity index (χ1n) is 9.36. The molecule has 1 heterocycles. The monoisotopic (exact) mass is 406 g/mol. The summed E-state index contributed by atoms with van der Waals surface area (Å²) >= 11 is 0. The van der Waals surface area contributed by atoms with Gasteiger partial charge in [-0.2, -0.15) is 0 Å². The van der Waals surface area contributed by atoms with Crippen LogP contribution in [0, 0.1) is 6.92 Å². The van der Waals surface area contributed by atoms with Crippen LogP contribution in [-0.2, 0) is 16.1 Å². The summed E-state index contributed by atoms with van der Waals surface area (Å²) in [6.45, 7) is 1.67. The number of likely N-dealkylation sites (N-methyl/N-ethyl adjacent to an activating group) is 1. The number of rotatable bonds is 7. The molecule has 3 aromatic rings. The first kappa shape index (κ1) is 20.9. The van der Waals surface area contributed by atoms with E-state index < -0.39 is 12.6 Å². The number of carbonyl (C=O) groups is 3. The lowest BCUT2D eigenvalue weighted by atomic mass is 10.1. The Bertz CT molecular complexity index is 1040. The molecule has 1 N–H and O–H groups in total. The van der Waals surface area contributed by atoms with Gasteiger partial charge in [-0.05, 0) is 43.3 Å². The van der Waals surface area contributed by atoms with Crippen LogP contribution in [0.4, 0.5) is 5.69 Å². The molecule has 0 aliphatic heterocycles. The number of nitrogens with zero attached hydrogens (tertiary/aromatic N) is 1. The maximum atomic E-state index is 12.5. The van der Waals surface area contributed by atoms with Crippen molar-refractivity contribution < 1.29 is 23.5 Å². The van der Waals surface area contributed by atoms with Crippen molar-refractivity contribution in [2.75, 3.05) is 19.0 Å². The van der Waals surface area contributed by atoms with Crippen LogP contribution in [0.15, 0.2) is 71.1 Å². The quantitative estimate of drug-likeness (QED) is 0.605. The molecule has 7 nitrogen and oxygen atoms in total. The van der Waals surface area contributed by atoms with E-state index in [1.165, 1.54) is 11.0 Å². The van der Waals surface area contributed by atoms with E-state index in [1.54, 1.807) is 55.6 Å². The molecular formula is C23H22N2O5. The highest BCUT2D eigenvalue weighted by molar-refractivity contribution is 6.08. The third-order valence-electron chi connectivity index (χ3n) is 4.37. The molecule has 7 heteroatoms. The first-order chi connectivity index (χ1) is 14.4. The highest BCUT2D eigenvalue weighted by Gasteiger charge is 2.18. The second-order valence-corrected chi connectivity index (χ2v) is 6.70. The van der Waals surface area contributed by atoms with Crippen molar-refractivity contribution in [3.63, 3.8) is 0 Å². The van der Waals surface area contributed by atoms with Gasteiger partial charge in [0.25, 0.3) is 11.8 Å². The maximum absolute atomic E-state index is 12.5. The third kappa shape index (κ3) is 5.35. The van der Waals surface area contributed by atoms with Crippen molar-refractivity contribution in [2.24, 2.45) is 0 Å². The lowest BCUT2D eigenvalue weighted by Gasteiger charge is -2.16. The second kappa shape index (κ2) is 9.56. The molecule has 0 fully saturated rings. The summed E-state index contributed by atoms with van der Waals surface area (Å²) in [5.74, 6) is -0.0201. The van der Waals surface area contributed by atoms with Crippen LogP contribution in [0.5, 0.6) is 0 Å². The normalized spacial score (nSPS) is 10.3. The Kier molecular flexibility index (Phi) is 6.64. The molecule has 1 aromatic heterocycles. The lowest BCUT2D eigenvalue weighted by molar-refractivity contribution is -0.134. The van der Waals surface area contributed by atoms with E-state index in [9.17, 15) is 14.4 Å². The third-order valence-corrected chi connectivity index (χ3v) is 4.37. The zero-order chi connectivity index (χ0) is 21.5. The molecule has 0 aliphatic carbocycles. The van der Waals surface area contributed by atoms with E-state index >= 15 is 0 Å². The van der Waals surface area contributed by atoms with Crippen molar-refractivity contribution in [1.29, 1.82) is 0 Å². The largest absolute Gasteiger partial charge is 0.464 e. The Hall–Kier alpha value is -3.87. The summed E-state index contributed by atoms with van der Waals surface area (Å²) in [5.41, 5.74) is 0.938. The van der Waals surface area contributed by atoms with Gasteiger partial charge in [0.05, 0.1) is 17.8 Å². The van der Waals surface area contributed by atoms with Gasteiger partial charge in [-0.25, -0.2) is 4.79 Å². The van der Waals surface area contributed by atoms with Gasteiger partial charge in [0.15, 0.2) is 6.61 Å². The Morgan fingerprint density at radius 1 is 0.967 bits per heavy atom. The van der Waals surface area contributed by atoms with Crippen LogP contribution >= 0.6 is 0 Å². The summed E-state index contributed by atoms with van der Waals surface area (Å²) < 4.78 is 10.6. The number of para-hydroxylation sites is 1. The number of amides is 2. The van der Waals surface area contributed by atoms with Gasteiger partial charge in [-0.3, -0.25) is 9.59 Å². The number of benzene rings is 2. The smallest absolute Gasteiger partial charge is 0.340 e. The topological polar surface area (TPSA) is 88.9 Å². The van der Waals surface area contributed by atoms with E-state index in [4.69, 9.17) is 9.15 Å². The Morgan fingerprint density at radius 3 is 2.37 bits per heavy atom. The molecule has 2 aromatic carbocycles. The van der Waals surface area contributed by atoms with Crippen molar-refractivity contribution in [1.82, 2.24) is 4.90 Å². The number of carbonyl (C=O) groups excluding carboxylic acids is 3. The van der Waals surface area contributed by atoms with Gasteiger partial charge < -0.3 is 19.4 Å². The molecular weight excluding hydrogens is 384 g/mol. The fraction of sp³-hybridized carbons (Fsp3) is 0.174. The highest BCUT2D eigenvalue weighted by Crippen LogP contribution is 2.18. The molecule has 154 valence electrons. The van der Waals surface area contributed by atoms with Crippen molar-refractivity contribution in [3.8, 4) is 0 Å². The standard InChI is InChI=1S/C23H22N2O5/c1-16-12-13-18(30-16)14-25(2)21(26)15-29-23(28)19-10-6-7-11-20(19)24-22(27)17-8-4-3-5-9-17/h3-13H,14-15H2,1-2H3,(H,24,27). The maximum Gasteiger partial charge on any atom is 0.340 e. The Balaban J connectivity index is 1.60. The minimum Gasteiger partial charge on any atom is -0.464 e. The first-order valence-corrected chi connectivity index (χ1v) is 9.36. The Labute approximate surface area is 174 Å². The molecule has 30 heavy (non-hydrogen) atoms. The van der Waals surface area contributed by atoms with E-state index in [0.717, 1.165) is 5.76 Å². The molecule has 0 bridgehead atoms. The van der Waals surface area contributed by atoms with Gasteiger partial charge in [-0.15, -0.1) is 0 Å². The minimum atomic E-state index is -0.699. The molecule has 0 spiro atoms. The van der Waals surface area contributed by atoms with Crippen molar-refractivity contribution in [3.05, 3.63) is 89.4 Å². The second-order valence-electron chi connectivity index (χ2n) is 6.70. The number of ether oxygens (including phenoxy) is 1. The summed E-state index contributed by atoms with van der Waals surface area (Å²) in [5, 5.41) is 2.71. The summed E-state index contributed by atoms with van der Waals surface area (Å²) in [7, 11) is 1.60. The fourth-order valence-electron chi connectivity index (χ4n) is 2.76. The van der Waals surface area contributed by atoms with Crippen molar-refractivity contribution in [2.45, 2.75) is 13.5 Å². The number of nitrogens with one attached hydrogen (secondary N) is 1. The van der Waals surface area contributed by atoms with E-state index in [1.807, 2.05) is 19.1 Å². The molecule has 2 amide bonds. The molecule has 0 atom stereocenters. The average Bonchev–Trinajstić information content (AvgIpc) is 3.17. The van der Waals surface area contributed by atoms with Crippen LogP contribution in [0.1, 0.15) is 32.2 Å². The predicted octanol–water partition coefficient (Wildman–Crippen LogP) is 3.66. The minimum absolute atomic E-state index is 0.166. The SMILES string of the molecule is Cc1ccc(CN(C)C(=O)COC(=O)c2ccccc2NC(=O)c2ccccc2)o1. The summed E-state index contributed by atoms with van der Waals surface area (Å²) in [4.78, 5) is 38.6.